The van der Waals surface area contributed by atoms with Gasteiger partial charge in [0, 0.05) is 26.2 Å². The van der Waals surface area contributed by atoms with Crippen LogP contribution >= 0.6 is 0 Å². The second kappa shape index (κ2) is 7.18. The molecule has 0 unspecified atom stereocenters. The molecule has 1 fully saturated rings. The Kier molecular flexibility index (Phi) is 6.22. The first kappa shape index (κ1) is 14.7. The van der Waals surface area contributed by atoms with E-state index in [1.54, 1.807) is 0 Å². The summed E-state index contributed by atoms with van der Waals surface area (Å²) in [5, 5.41) is 3.09. The van der Waals surface area contributed by atoms with Crippen molar-refractivity contribution in [2.45, 2.75) is 19.0 Å². The van der Waals surface area contributed by atoms with E-state index in [0.717, 1.165) is 39.0 Å². The first-order valence-electron chi connectivity index (χ1n) is 6.17. The van der Waals surface area contributed by atoms with Crippen molar-refractivity contribution >= 4 is 0 Å². The molecule has 1 saturated heterocycles. The molecule has 0 amide bonds. The van der Waals surface area contributed by atoms with Crippen molar-refractivity contribution in [2.75, 3.05) is 52.9 Å². The highest BCUT2D eigenvalue weighted by Crippen LogP contribution is 2.17. The third kappa shape index (κ3) is 6.85. The SMILES string of the molecule is CNCCCCN1CCN(CC(F)(F)F)CC1. The average Bonchev–Trinajstić information content (AvgIpc) is 2.25. The number of unbranched alkanes of at least 4 members (excludes halogenated alkanes) is 1. The molecule has 0 aromatic heterocycles. The summed E-state index contributed by atoms with van der Waals surface area (Å²) in [7, 11) is 1.93. The van der Waals surface area contributed by atoms with E-state index in [0.29, 0.717) is 13.1 Å². The fourth-order valence-corrected chi connectivity index (χ4v) is 2.06. The Morgan fingerprint density at radius 3 is 2.12 bits per heavy atom. The van der Waals surface area contributed by atoms with Gasteiger partial charge in [-0.1, -0.05) is 0 Å². The van der Waals surface area contributed by atoms with Crippen LogP contribution in [0, 0.1) is 0 Å². The molecule has 3 nitrogen and oxygen atoms in total. The standard InChI is InChI=1S/C11H22F3N3/c1-15-4-2-3-5-16-6-8-17(9-7-16)10-11(12,13)14/h15H,2-10H2,1H3. The summed E-state index contributed by atoms with van der Waals surface area (Å²) in [5.41, 5.74) is 0. The van der Waals surface area contributed by atoms with Gasteiger partial charge >= 0.3 is 6.18 Å². The molecule has 1 N–H and O–H groups in total. The lowest BCUT2D eigenvalue weighted by Gasteiger charge is -2.34. The zero-order valence-corrected chi connectivity index (χ0v) is 10.4. The van der Waals surface area contributed by atoms with E-state index in [1.165, 1.54) is 4.90 Å². The first-order chi connectivity index (χ1) is 8.01. The molecule has 6 heteroatoms. The topological polar surface area (TPSA) is 18.5 Å². The maximum atomic E-state index is 12.2. The maximum absolute atomic E-state index is 12.2. The number of halogens is 3. The van der Waals surface area contributed by atoms with Crippen molar-refractivity contribution in [2.24, 2.45) is 0 Å². The van der Waals surface area contributed by atoms with E-state index in [-0.39, 0.29) is 0 Å². The lowest BCUT2D eigenvalue weighted by Crippen LogP contribution is -2.49. The molecular formula is C11H22F3N3. The molecular weight excluding hydrogens is 231 g/mol. The van der Waals surface area contributed by atoms with Gasteiger partial charge in [-0.3, -0.25) is 4.90 Å². The van der Waals surface area contributed by atoms with E-state index in [1.807, 2.05) is 7.05 Å². The molecule has 0 aromatic carbocycles. The van der Waals surface area contributed by atoms with Crippen molar-refractivity contribution < 1.29 is 13.2 Å². The van der Waals surface area contributed by atoms with Gasteiger partial charge in [0.05, 0.1) is 6.54 Å². The monoisotopic (exact) mass is 253 g/mol. The van der Waals surface area contributed by atoms with Crippen LogP contribution in [0.4, 0.5) is 13.2 Å². The fraction of sp³-hybridized carbons (Fsp3) is 1.00. The molecule has 1 heterocycles. The Balaban J connectivity index is 2.09. The van der Waals surface area contributed by atoms with Gasteiger partial charge in [0.15, 0.2) is 0 Å². The van der Waals surface area contributed by atoms with Crippen molar-refractivity contribution in [1.82, 2.24) is 15.1 Å². The van der Waals surface area contributed by atoms with Gasteiger partial charge in [0.2, 0.25) is 0 Å². The third-order valence-electron chi connectivity index (χ3n) is 3.02. The molecule has 0 aliphatic carbocycles. The van der Waals surface area contributed by atoms with Gasteiger partial charge in [-0.2, -0.15) is 13.2 Å². The fourth-order valence-electron chi connectivity index (χ4n) is 2.06. The van der Waals surface area contributed by atoms with E-state index in [2.05, 4.69) is 10.2 Å². The molecule has 17 heavy (non-hydrogen) atoms. The summed E-state index contributed by atoms with van der Waals surface area (Å²) in [6, 6.07) is 0. The van der Waals surface area contributed by atoms with Crippen molar-refractivity contribution in [3.8, 4) is 0 Å². The lowest BCUT2D eigenvalue weighted by atomic mass is 10.2. The first-order valence-corrected chi connectivity index (χ1v) is 6.17. The predicted octanol–water partition coefficient (Wildman–Crippen LogP) is 1.17. The highest BCUT2D eigenvalue weighted by molar-refractivity contribution is 4.73. The van der Waals surface area contributed by atoms with Gasteiger partial charge in [-0.15, -0.1) is 0 Å². The number of nitrogens with one attached hydrogen (secondary N) is 1. The normalized spacial score (nSPS) is 19.8. The summed E-state index contributed by atoms with van der Waals surface area (Å²) < 4.78 is 36.5. The van der Waals surface area contributed by atoms with Crippen molar-refractivity contribution in [3.63, 3.8) is 0 Å². The number of nitrogens with zero attached hydrogens (tertiary/aromatic N) is 2. The van der Waals surface area contributed by atoms with E-state index < -0.39 is 12.7 Å². The van der Waals surface area contributed by atoms with Crippen LogP contribution in [0.1, 0.15) is 12.8 Å². The molecule has 0 bridgehead atoms. The van der Waals surface area contributed by atoms with Crippen molar-refractivity contribution in [3.05, 3.63) is 0 Å². The van der Waals surface area contributed by atoms with Gasteiger partial charge < -0.3 is 10.2 Å². The van der Waals surface area contributed by atoms with Crippen LogP contribution in [-0.4, -0.2) is 68.8 Å². The number of rotatable bonds is 6. The molecule has 0 aromatic rings. The molecule has 0 radical (unpaired) electrons. The second-order valence-corrected chi connectivity index (χ2v) is 4.54. The summed E-state index contributed by atoms with van der Waals surface area (Å²) in [5.74, 6) is 0. The third-order valence-corrected chi connectivity index (χ3v) is 3.02. The molecule has 1 aliphatic rings. The van der Waals surface area contributed by atoms with Crippen LogP contribution in [0.5, 0.6) is 0 Å². The molecule has 0 saturated carbocycles. The lowest BCUT2D eigenvalue weighted by molar-refractivity contribution is -0.149. The Morgan fingerprint density at radius 1 is 1.00 bits per heavy atom. The zero-order chi connectivity index (χ0) is 12.7. The quantitative estimate of drug-likeness (QED) is 0.717. The minimum absolute atomic E-state index is 0.533. The molecule has 1 aliphatic heterocycles. The minimum Gasteiger partial charge on any atom is -0.320 e. The van der Waals surface area contributed by atoms with E-state index in [9.17, 15) is 13.2 Å². The van der Waals surface area contributed by atoms with Crippen LogP contribution < -0.4 is 5.32 Å². The van der Waals surface area contributed by atoms with Crippen molar-refractivity contribution in [1.29, 1.82) is 0 Å². The Labute approximate surface area is 101 Å². The Hall–Kier alpha value is -0.330. The summed E-state index contributed by atoms with van der Waals surface area (Å²) in [6.07, 6.45) is -1.83. The van der Waals surface area contributed by atoms with E-state index >= 15 is 0 Å². The van der Waals surface area contributed by atoms with Crippen LogP contribution in [0.25, 0.3) is 0 Å². The smallest absolute Gasteiger partial charge is 0.320 e. The summed E-state index contributed by atoms with van der Waals surface area (Å²) >= 11 is 0. The highest BCUT2D eigenvalue weighted by Gasteiger charge is 2.31. The van der Waals surface area contributed by atoms with Crippen LogP contribution in [0.15, 0.2) is 0 Å². The van der Waals surface area contributed by atoms with Gasteiger partial charge in [0.25, 0.3) is 0 Å². The highest BCUT2D eigenvalue weighted by atomic mass is 19.4. The van der Waals surface area contributed by atoms with Gasteiger partial charge in [-0.25, -0.2) is 0 Å². The van der Waals surface area contributed by atoms with Crippen LogP contribution in [0.3, 0.4) is 0 Å². The average molecular weight is 253 g/mol. The number of alkyl halides is 3. The van der Waals surface area contributed by atoms with Crippen LogP contribution in [-0.2, 0) is 0 Å². The Bertz CT molecular complexity index is 201. The largest absolute Gasteiger partial charge is 0.401 e. The molecule has 0 atom stereocenters. The summed E-state index contributed by atoms with van der Waals surface area (Å²) in [4.78, 5) is 3.74. The predicted molar refractivity (Wildman–Crippen MR) is 62.1 cm³/mol. The number of hydrogen-bond acceptors (Lipinski definition) is 3. The molecule has 0 spiro atoms. The van der Waals surface area contributed by atoms with E-state index in [4.69, 9.17) is 0 Å². The molecule has 1 rings (SSSR count). The molecule has 102 valence electrons. The minimum atomic E-state index is -4.06. The summed E-state index contributed by atoms with van der Waals surface area (Å²) in [6.45, 7) is 3.83. The Morgan fingerprint density at radius 2 is 1.59 bits per heavy atom. The maximum Gasteiger partial charge on any atom is 0.401 e. The van der Waals surface area contributed by atoms with Crippen LogP contribution in [0.2, 0.25) is 0 Å². The van der Waals surface area contributed by atoms with Gasteiger partial charge in [-0.05, 0) is 33.0 Å². The number of piperazine rings is 1. The number of hydrogen-bond donors (Lipinski definition) is 1. The van der Waals surface area contributed by atoms with Gasteiger partial charge in [0.1, 0.15) is 0 Å². The zero-order valence-electron chi connectivity index (χ0n) is 10.4. The second-order valence-electron chi connectivity index (χ2n) is 4.54.